The number of hydrogen-bond donors (Lipinski definition) is 0. The Morgan fingerprint density at radius 2 is 1.89 bits per heavy atom. The SMILES string of the molecule is Cc1cc(Cl)c(F)c(Oc2ccccc2C#N)c1F. The van der Waals surface area contributed by atoms with Crippen molar-refractivity contribution >= 4 is 11.6 Å². The minimum absolute atomic E-state index is 0.0736. The zero-order valence-corrected chi connectivity index (χ0v) is 10.6. The summed E-state index contributed by atoms with van der Waals surface area (Å²) in [6.07, 6.45) is 0. The summed E-state index contributed by atoms with van der Waals surface area (Å²) in [5.41, 5.74) is 0.342. The molecule has 2 aromatic rings. The molecule has 0 radical (unpaired) electrons. The number of para-hydroxylation sites is 1. The quantitative estimate of drug-likeness (QED) is 0.753. The number of nitriles is 1. The van der Waals surface area contributed by atoms with Crippen LogP contribution in [-0.2, 0) is 0 Å². The van der Waals surface area contributed by atoms with Gasteiger partial charge in [0, 0.05) is 0 Å². The molecule has 0 bridgehead atoms. The lowest BCUT2D eigenvalue weighted by Crippen LogP contribution is -1.97. The Morgan fingerprint density at radius 1 is 1.21 bits per heavy atom. The standard InChI is InChI=1S/C14H8ClF2NO/c1-8-6-10(15)13(17)14(12(8)16)19-11-5-3-2-4-9(11)7-18/h2-6H,1H3. The van der Waals surface area contributed by atoms with E-state index in [9.17, 15) is 8.78 Å². The summed E-state index contributed by atoms with van der Waals surface area (Å²) in [5.74, 6) is -2.36. The van der Waals surface area contributed by atoms with Crippen LogP contribution >= 0.6 is 11.6 Å². The third kappa shape index (κ3) is 2.51. The number of halogens is 3. The fourth-order valence-corrected chi connectivity index (χ4v) is 1.80. The van der Waals surface area contributed by atoms with Crippen LogP contribution in [0.1, 0.15) is 11.1 Å². The predicted molar refractivity (Wildman–Crippen MR) is 67.3 cm³/mol. The van der Waals surface area contributed by atoms with Crippen molar-refractivity contribution in [1.82, 2.24) is 0 Å². The van der Waals surface area contributed by atoms with Gasteiger partial charge >= 0.3 is 0 Å². The molecule has 2 nitrogen and oxygen atoms in total. The molecule has 0 aliphatic carbocycles. The van der Waals surface area contributed by atoms with Crippen LogP contribution in [0, 0.1) is 29.9 Å². The molecule has 0 aliphatic rings. The van der Waals surface area contributed by atoms with Crippen LogP contribution in [0.2, 0.25) is 5.02 Å². The smallest absolute Gasteiger partial charge is 0.200 e. The highest BCUT2D eigenvalue weighted by molar-refractivity contribution is 6.31. The first-order chi connectivity index (χ1) is 9.04. The van der Waals surface area contributed by atoms with E-state index in [1.54, 1.807) is 12.1 Å². The normalized spacial score (nSPS) is 10.1. The van der Waals surface area contributed by atoms with Crippen molar-refractivity contribution in [3.8, 4) is 17.6 Å². The number of hydrogen-bond acceptors (Lipinski definition) is 2. The lowest BCUT2D eigenvalue weighted by atomic mass is 10.2. The van der Waals surface area contributed by atoms with Crippen LogP contribution in [0.5, 0.6) is 11.5 Å². The monoisotopic (exact) mass is 279 g/mol. The molecule has 19 heavy (non-hydrogen) atoms. The van der Waals surface area contributed by atoms with Gasteiger partial charge in [0.15, 0.2) is 11.6 Å². The Hall–Kier alpha value is -2.12. The molecule has 2 rings (SSSR count). The van der Waals surface area contributed by atoms with Gasteiger partial charge < -0.3 is 4.74 Å². The molecule has 0 heterocycles. The van der Waals surface area contributed by atoms with Gasteiger partial charge in [0.1, 0.15) is 11.8 Å². The van der Waals surface area contributed by atoms with E-state index in [2.05, 4.69) is 0 Å². The van der Waals surface area contributed by atoms with Crippen LogP contribution in [-0.4, -0.2) is 0 Å². The second-order valence-corrected chi connectivity index (χ2v) is 4.25. The second kappa shape index (κ2) is 5.25. The third-order valence-corrected chi connectivity index (χ3v) is 2.79. The Bertz CT molecular complexity index is 654. The number of benzene rings is 2. The summed E-state index contributed by atoms with van der Waals surface area (Å²) in [5, 5.41) is 8.67. The first-order valence-corrected chi connectivity index (χ1v) is 5.73. The van der Waals surface area contributed by atoms with Gasteiger partial charge in [0.2, 0.25) is 5.75 Å². The molecule has 0 atom stereocenters. The van der Waals surface area contributed by atoms with Gasteiger partial charge in [-0.3, -0.25) is 0 Å². The maximum atomic E-state index is 13.9. The maximum Gasteiger partial charge on any atom is 0.200 e. The van der Waals surface area contributed by atoms with Gasteiger partial charge in [-0.2, -0.15) is 5.26 Å². The first kappa shape index (κ1) is 13.3. The van der Waals surface area contributed by atoms with Gasteiger partial charge in [0.25, 0.3) is 0 Å². The minimum atomic E-state index is -0.988. The van der Waals surface area contributed by atoms with E-state index in [1.807, 2.05) is 6.07 Å². The fraction of sp³-hybridized carbons (Fsp3) is 0.0714. The van der Waals surface area contributed by atoms with Crippen LogP contribution in [0.4, 0.5) is 8.78 Å². The van der Waals surface area contributed by atoms with Crippen molar-refractivity contribution in [2.45, 2.75) is 6.92 Å². The zero-order chi connectivity index (χ0) is 14.0. The summed E-state index contributed by atoms with van der Waals surface area (Å²) >= 11 is 5.64. The molecule has 0 fully saturated rings. The molecule has 0 saturated heterocycles. The molecule has 2 aromatic carbocycles. The van der Waals surface area contributed by atoms with Crippen LogP contribution in [0.25, 0.3) is 0 Å². The summed E-state index contributed by atoms with van der Waals surface area (Å²) in [4.78, 5) is 0. The molecule has 0 unspecified atom stereocenters. The molecular formula is C14H8ClF2NO. The Labute approximate surface area is 113 Å². The fourth-order valence-electron chi connectivity index (χ4n) is 1.55. The Balaban J connectivity index is 2.53. The van der Waals surface area contributed by atoms with Gasteiger partial charge in [-0.25, -0.2) is 8.78 Å². The predicted octanol–water partition coefficient (Wildman–Crippen LogP) is 4.59. The molecule has 5 heteroatoms. The molecule has 0 amide bonds. The number of aryl methyl sites for hydroxylation is 1. The van der Waals surface area contributed by atoms with Crippen molar-refractivity contribution < 1.29 is 13.5 Å². The van der Waals surface area contributed by atoms with Crippen LogP contribution in [0.3, 0.4) is 0 Å². The van der Waals surface area contributed by atoms with E-state index in [-0.39, 0.29) is 21.9 Å². The number of ether oxygens (including phenoxy) is 1. The lowest BCUT2D eigenvalue weighted by Gasteiger charge is -2.11. The van der Waals surface area contributed by atoms with Gasteiger partial charge in [0.05, 0.1) is 10.6 Å². The summed E-state index contributed by atoms with van der Waals surface area (Å²) < 4.78 is 32.8. The van der Waals surface area contributed by atoms with Gasteiger partial charge in [-0.1, -0.05) is 23.7 Å². The molecule has 0 aliphatic heterocycles. The molecule has 0 aromatic heterocycles. The highest BCUT2D eigenvalue weighted by Gasteiger charge is 2.19. The average molecular weight is 280 g/mol. The number of rotatable bonds is 2. The topological polar surface area (TPSA) is 33.0 Å². The second-order valence-electron chi connectivity index (χ2n) is 3.84. The summed E-state index contributed by atoms with van der Waals surface area (Å²) in [7, 11) is 0. The zero-order valence-electron chi connectivity index (χ0n) is 9.88. The van der Waals surface area contributed by atoms with E-state index in [1.165, 1.54) is 25.1 Å². The Kier molecular flexibility index (Phi) is 3.68. The molecular weight excluding hydrogens is 272 g/mol. The summed E-state index contributed by atoms with van der Waals surface area (Å²) in [6.45, 7) is 1.45. The average Bonchev–Trinajstić information content (AvgIpc) is 2.42. The van der Waals surface area contributed by atoms with Crippen molar-refractivity contribution in [2.24, 2.45) is 0 Å². The van der Waals surface area contributed by atoms with Crippen molar-refractivity contribution in [1.29, 1.82) is 5.26 Å². The first-order valence-electron chi connectivity index (χ1n) is 5.35. The van der Waals surface area contributed by atoms with Crippen molar-refractivity contribution in [3.63, 3.8) is 0 Å². The lowest BCUT2D eigenvalue weighted by molar-refractivity contribution is 0.405. The van der Waals surface area contributed by atoms with Gasteiger partial charge in [-0.15, -0.1) is 0 Å². The minimum Gasteiger partial charge on any atom is -0.450 e. The molecule has 0 spiro atoms. The van der Waals surface area contributed by atoms with Crippen molar-refractivity contribution in [2.75, 3.05) is 0 Å². The van der Waals surface area contributed by atoms with E-state index in [0.29, 0.717) is 0 Å². The Morgan fingerprint density at radius 3 is 2.58 bits per heavy atom. The van der Waals surface area contributed by atoms with Crippen LogP contribution in [0.15, 0.2) is 30.3 Å². The molecule has 96 valence electrons. The largest absolute Gasteiger partial charge is 0.450 e. The van der Waals surface area contributed by atoms with E-state index < -0.39 is 17.4 Å². The number of nitrogens with zero attached hydrogens (tertiary/aromatic N) is 1. The van der Waals surface area contributed by atoms with Crippen LogP contribution < -0.4 is 4.74 Å². The highest BCUT2D eigenvalue weighted by Crippen LogP contribution is 2.34. The summed E-state index contributed by atoms with van der Waals surface area (Å²) in [6, 6.07) is 9.22. The van der Waals surface area contributed by atoms with E-state index in [4.69, 9.17) is 21.6 Å². The highest BCUT2D eigenvalue weighted by atomic mass is 35.5. The maximum absolute atomic E-state index is 13.9. The van der Waals surface area contributed by atoms with Crippen molar-refractivity contribution in [3.05, 3.63) is 58.1 Å². The third-order valence-electron chi connectivity index (χ3n) is 2.52. The molecule has 0 saturated carbocycles. The van der Waals surface area contributed by atoms with E-state index >= 15 is 0 Å². The van der Waals surface area contributed by atoms with E-state index in [0.717, 1.165) is 0 Å². The van der Waals surface area contributed by atoms with Gasteiger partial charge in [-0.05, 0) is 30.7 Å². The molecule has 0 N–H and O–H groups in total.